The molecule has 6 nitrogen and oxygen atoms in total. The predicted molar refractivity (Wildman–Crippen MR) is 74.4 cm³/mol. The zero-order chi connectivity index (χ0) is 14.4. The van der Waals surface area contributed by atoms with Crippen molar-refractivity contribution in [2.75, 3.05) is 18.4 Å². The lowest BCUT2D eigenvalue weighted by Crippen LogP contribution is -2.21. The van der Waals surface area contributed by atoms with Crippen LogP contribution in [0.15, 0.2) is 12.1 Å². The average molecular weight is 265 g/mol. The molecule has 0 aliphatic rings. The van der Waals surface area contributed by atoms with Gasteiger partial charge in [-0.2, -0.15) is 0 Å². The quantitative estimate of drug-likeness (QED) is 0.469. The lowest BCUT2D eigenvalue weighted by Gasteiger charge is -2.09. The molecule has 2 N–H and O–H groups in total. The maximum atomic E-state index is 11.7. The molecule has 0 aliphatic heterocycles. The van der Waals surface area contributed by atoms with Crippen LogP contribution in [-0.2, 0) is 4.79 Å². The minimum atomic E-state index is -0.441. The number of aryl methyl sites for hydroxylation is 2. The van der Waals surface area contributed by atoms with Gasteiger partial charge in [0.25, 0.3) is 5.69 Å². The molecule has 0 saturated heterocycles. The van der Waals surface area contributed by atoms with Gasteiger partial charge in [0, 0.05) is 24.6 Å². The number of hydrogen-bond donors (Lipinski definition) is 2. The van der Waals surface area contributed by atoms with Crippen molar-refractivity contribution in [3.63, 3.8) is 0 Å². The van der Waals surface area contributed by atoms with Crippen LogP contribution >= 0.6 is 0 Å². The average Bonchev–Trinajstić information content (AvgIpc) is 2.32. The molecule has 0 unspecified atom stereocenters. The summed E-state index contributed by atoms with van der Waals surface area (Å²) in [6.07, 6.45) is 0.342. The van der Waals surface area contributed by atoms with Gasteiger partial charge in [0.1, 0.15) is 0 Å². The minimum absolute atomic E-state index is 0.0209. The number of nitrogens with one attached hydrogen (secondary N) is 2. The number of carbonyl (C=O) groups excluding carboxylic acids is 1. The van der Waals surface area contributed by atoms with Gasteiger partial charge in [-0.3, -0.25) is 14.9 Å². The third-order valence-corrected chi connectivity index (χ3v) is 2.79. The largest absolute Gasteiger partial charge is 0.326 e. The molecule has 0 aliphatic carbocycles. The molecule has 1 aromatic carbocycles. The summed E-state index contributed by atoms with van der Waals surface area (Å²) in [4.78, 5) is 22.1. The molecule has 0 aromatic heterocycles. The standard InChI is InChI=1S/C13H19N3O3/c1-4-14-6-5-13(17)15-11-8-12(16(18)19)10(3)7-9(11)2/h7-8,14H,4-6H2,1-3H3,(H,15,17). The summed E-state index contributed by atoms with van der Waals surface area (Å²) >= 11 is 0. The van der Waals surface area contributed by atoms with E-state index < -0.39 is 4.92 Å². The fourth-order valence-electron chi connectivity index (χ4n) is 1.76. The first-order valence-electron chi connectivity index (χ1n) is 6.22. The minimum Gasteiger partial charge on any atom is -0.326 e. The topological polar surface area (TPSA) is 84.3 Å². The van der Waals surface area contributed by atoms with Crippen molar-refractivity contribution >= 4 is 17.3 Å². The van der Waals surface area contributed by atoms with Crippen molar-refractivity contribution in [2.24, 2.45) is 0 Å². The number of nitro benzene ring substituents is 1. The highest BCUT2D eigenvalue weighted by Gasteiger charge is 2.14. The summed E-state index contributed by atoms with van der Waals surface area (Å²) in [6, 6.07) is 3.12. The van der Waals surface area contributed by atoms with E-state index in [9.17, 15) is 14.9 Å². The molecular formula is C13H19N3O3. The maximum Gasteiger partial charge on any atom is 0.274 e. The van der Waals surface area contributed by atoms with Crippen molar-refractivity contribution < 1.29 is 9.72 Å². The number of rotatable bonds is 6. The summed E-state index contributed by atoms with van der Waals surface area (Å²) in [7, 11) is 0. The smallest absolute Gasteiger partial charge is 0.274 e. The maximum absolute atomic E-state index is 11.7. The zero-order valence-electron chi connectivity index (χ0n) is 11.4. The number of hydrogen-bond acceptors (Lipinski definition) is 4. The molecule has 1 rings (SSSR count). The molecule has 0 heterocycles. The van der Waals surface area contributed by atoms with Crippen molar-refractivity contribution in [1.29, 1.82) is 0 Å². The van der Waals surface area contributed by atoms with Crippen molar-refractivity contribution in [2.45, 2.75) is 27.2 Å². The van der Waals surface area contributed by atoms with E-state index in [1.165, 1.54) is 6.07 Å². The summed E-state index contributed by atoms with van der Waals surface area (Å²) in [5, 5.41) is 16.6. The van der Waals surface area contributed by atoms with Crippen LogP contribution in [0.1, 0.15) is 24.5 Å². The van der Waals surface area contributed by atoms with Crippen molar-refractivity contribution in [3.05, 3.63) is 33.4 Å². The third kappa shape index (κ3) is 4.33. The molecule has 1 amide bonds. The van der Waals surface area contributed by atoms with Crippen LogP contribution in [-0.4, -0.2) is 23.9 Å². The summed E-state index contributed by atoms with van der Waals surface area (Å²) in [5.74, 6) is -0.151. The highest BCUT2D eigenvalue weighted by atomic mass is 16.6. The van der Waals surface area contributed by atoms with E-state index >= 15 is 0 Å². The monoisotopic (exact) mass is 265 g/mol. The molecule has 104 valence electrons. The predicted octanol–water partition coefficient (Wildman–Crippen LogP) is 2.15. The number of anilines is 1. The second kappa shape index (κ2) is 6.84. The third-order valence-electron chi connectivity index (χ3n) is 2.79. The first kappa shape index (κ1) is 15.1. The normalized spacial score (nSPS) is 10.3. The Morgan fingerprint density at radius 3 is 2.58 bits per heavy atom. The second-order valence-electron chi connectivity index (χ2n) is 4.36. The van der Waals surface area contributed by atoms with Gasteiger partial charge in [-0.1, -0.05) is 6.92 Å². The number of benzene rings is 1. The van der Waals surface area contributed by atoms with Gasteiger partial charge in [0.2, 0.25) is 5.91 Å². The molecule has 0 radical (unpaired) electrons. The van der Waals surface area contributed by atoms with Crippen LogP contribution in [0.4, 0.5) is 11.4 Å². The first-order valence-corrected chi connectivity index (χ1v) is 6.22. The lowest BCUT2D eigenvalue weighted by molar-refractivity contribution is -0.385. The molecule has 19 heavy (non-hydrogen) atoms. The molecule has 0 saturated carbocycles. The summed E-state index contributed by atoms with van der Waals surface area (Å²) in [5.41, 5.74) is 1.93. The van der Waals surface area contributed by atoms with Crippen molar-refractivity contribution in [3.8, 4) is 0 Å². The Morgan fingerprint density at radius 1 is 1.32 bits per heavy atom. The Kier molecular flexibility index (Phi) is 5.44. The van der Waals surface area contributed by atoms with Gasteiger partial charge in [-0.05, 0) is 32.0 Å². The van der Waals surface area contributed by atoms with Gasteiger partial charge in [-0.25, -0.2) is 0 Å². The van der Waals surface area contributed by atoms with E-state index in [-0.39, 0.29) is 11.6 Å². The van der Waals surface area contributed by atoms with Crippen molar-refractivity contribution in [1.82, 2.24) is 5.32 Å². The summed E-state index contributed by atoms with van der Waals surface area (Å²) in [6.45, 7) is 6.86. The van der Waals surface area contributed by atoms with E-state index in [1.54, 1.807) is 13.0 Å². The van der Waals surface area contributed by atoms with Crippen LogP contribution < -0.4 is 10.6 Å². The van der Waals surface area contributed by atoms with E-state index in [4.69, 9.17) is 0 Å². The van der Waals surface area contributed by atoms with E-state index in [1.807, 2.05) is 13.8 Å². The van der Waals surface area contributed by atoms with E-state index in [2.05, 4.69) is 10.6 Å². The van der Waals surface area contributed by atoms with Gasteiger partial charge >= 0.3 is 0 Å². The van der Waals surface area contributed by atoms with E-state index in [0.717, 1.165) is 12.1 Å². The molecule has 0 bridgehead atoms. The number of nitro groups is 1. The Morgan fingerprint density at radius 2 is 2.00 bits per heavy atom. The highest BCUT2D eigenvalue weighted by Crippen LogP contribution is 2.26. The Hall–Kier alpha value is -1.95. The van der Waals surface area contributed by atoms with Crippen LogP contribution in [0.5, 0.6) is 0 Å². The van der Waals surface area contributed by atoms with Gasteiger partial charge in [0.15, 0.2) is 0 Å². The second-order valence-corrected chi connectivity index (χ2v) is 4.36. The van der Waals surface area contributed by atoms with Gasteiger partial charge in [-0.15, -0.1) is 0 Å². The molecule has 1 aromatic rings. The van der Waals surface area contributed by atoms with E-state index in [0.29, 0.717) is 24.2 Å². The molecular weight excluding hydrogens is 246 g/mol. The zero-order valence-corrected chi connectivity index (χ0v) is 11.4. The molecule has 6 heteroatoms. The summed E-state index contributed by atoms with van der Waals surface area (Å²) < 4.78 is 0. The lowest BCUT2D eigenvalue weighted by atomic mass is 10.1. The fourth-order valence-corrected chi connectivity index (χ4v) is 1.76. The molecule has 0 atom stereocenters. The Labute approximate surface area is 112 Å². The molecule has 0 fully saturated rings. The fraction of sp³-hybridized carbons (Fsp3) is 0.462. The van der Waals surface area contributed by atoms with Crippen LogP contribution in [0.3, 0.4) is 0 Å². The van der Waals surface area contributed by atoms with Gasteiger partial charge in [0.05, 0.1) is 10.6 Å². The number of amides is 1. The molecule has 0 spiro atoms. The van der Waals surface area contributed by atoms with Crippen LogP contribution in [0.25, 0.3) is 0 Å². The first-order chi connectivity index (χ1) is 8.95. The van der Waals surface area contributed by atoms with Crippen LogP contribution in [0, 0.1) is 24.0 Å². The van der Waals surface area contributed by atoms with Crippen LogP contribution in [0.2, 0.25) is 0 Å². The highest BCUT2D eigenvalue weighted by molar-refractivity contribution is 5.92. The Bertz CT molecular complexity index is 486. The van der Waals surface area contributed by atoms with Gasteiger partial charge < -0.3 is 10.6 Å². The number of carbonyl (C=O) groups is 1. The number of nitrogens with zero attached hydrogens (tertiary/aromatic N) is 1. The Balaban J connectivity index is 2.80. The SMILES string of the molecule is CCNCCC(=O)Nc1cc([N+](=O)[O-])c(C)cc1C.